The molecule has 0 bridgehead atoms. The zero-order chi connectivity index (χ0) is 17.2. The third kappa shape index (κ3) is 3.28. The second kappa shape index (κ2) is 6.68. The second-order valence-corrected chi connectivity index (χ2v) is 6.25. The first-order valence-electron chi connectivity index (χ1n) is 8.61. The zero-order valence-corrected chi connectivity index (χ0v) is 14.1. The minimum absolute atomic E-state index is 0.217. The lowest BCUT2D eigenvalue weighted by Gasteiger charge is -2.12. The largest absolute Gasteiger partial charge is 0.494 e. The number of nitrogens with zero attached hydrogens (tertiary/aromatic N) is 4. The fraction of sp³-hybridized carbons (Fsp3) is 0.389. The van der Waals surface area contributed by atoms with Crippen molar-refractivity contribution in [3.05, 3.63) is 36.8 Å². The summed E-state index contributed by atoms with van der Waals surface area (Å²) < 4.78 is 7.42. The fourth-order valence-electron chi connectivity index (χ4n) is 3.21. The molecule has 0 saturated heterocycles. The molecule has 0 spiro atoms. The number of fused-ring (bicyclic) bond motifs is 1. The number of rotatable bonds is 5. The first kappa shape index (κ1) is 15.8. The molecule has 1 saturated carbocycles. The van der Waals surface area contributed by atoms with E-state index in [4.69, 9.17) is 4.74 Å². The molecule has 2 N–H and O–H groups in total. The molecule has 7 nitrogen and oxygen atoms in total. The quantitative estimate of drug-likeness (QED) is 0.743. The van der Waals surface area contributed by atoms with E-state index in [9.17, 15) is 5.11 Å². The summed E-state index contributed by atoms with van der Waals surface area (Å²) in [5.41, 5.74) is 2.46. The molecule has 130 valence electrons. The predicted molar refractivity (Wildman–Crippen MR) is 95.1 cm³/mol. The van der Waals surface area contributed by atoms with Gasteiger partial charge in [-0.1, -0.05) is 0 Å². The molecule has 0 aliphatic heterocycles. The summed E-state index contributed by atoms with van der Waals surface area (Å²) in [6, 6.07) is 8.05. The maximum absolute atomic E-state index is 9.66. The van der Waals surface area contributed by atoms with Crippen LogP contribution in [-0.4, -0.2) is 43.4 Å². The Morgan fingerprint density at radius 1 is 1.24 bits per heavy atom. The number of imidazole rings is 1. The second-order valence-electron chi connectivity index (χ2n) is 6.25. The number of nitrogens with one attached hydrogen (secondary N) is 1. The first-order chi connectivity index (χ1) is 12.2. The molecule has 1 aliphatic carbocycles. The van der Waals surface area contributed by atoms with Crippen molar-refractivity contribution < 1.29 is 9.84 Å². The Labute approximate surface area is 145 Å². The maximum atomic E-state index is 9.66. The lowest BCUT2D eigenvalue weighted by atomic mass is 10.2. The van der Waals surface area contributed by atoms with E-state index < -0.39 is 0 Å². The number of anilines is 1. The summed E-state index contributed by atoms with van der Waals surface area (Å²) in [6.45, 7) is 2.61. The Morgan fingerprint density at radius 2 is 2.08 bits per heavy atom. The third-order valence-corrected chi connectivity index (χ3v) is 4.45. The van der Waals surface area contributed by atoms with Gasteiger partial charge in [0.1, 0.15) is 17.6 Å². The maximum Gasteiger partial charge on any atom is 0.224 e. The van der Waals surface area contributed by atoms with Crippen LogP contribution in [0.4, 0.5) is 5.95 Å². The Morgan fingerprint density at radius 3 is 2.80 bits per heavy atom. The molecule has 0 amide bonds. The minimum Gasteiger partial charge on any atom is -0.494 e. The lowest BCUT2D eigenvalue weighted by molar-refractivity contribution is 0.182. The van der Waals surface area contributed by atoms with E-state index in [1.807, 2.05) is 35.8 Å². The Bertz CT molecular complexity index is 862. The van der Waals surface area contributed by atoms with Gasteiger partial charge in [0.25, 0.3) is 0 Å². The third-order valence-electron chi connectivity index (χ3n) is 4.45. The lowest BCUT2D eigenvalue weighted by Crippen LogP contribution is -2.18. The number of ether oxygens (including phenoxy) is 1. The van der Waals surface area contributed by atoms with E-state index in [0.29, 0.717) is 12.6 Å². The molecule has 3 aromatic rings. The summed E-state index contributed by atoms with van der Waals surface area (Å²) in [7, 11) is 0. The molecule has 2 unspecified atom stereocenters. The summed E-state index contributed by atoms with van der Waals surface area (Å²) >= 11 is 0. The molecular formula is C18H21N5O2. The van der Waals surface area contributed by atoms with E-state index in [0.717, 1.165) is 41.9 Å². The van der Waals surface area contributed by atoms with Crippen LogP contribution in [0.5, 0.6) is 5.75 Å². The monoisotopic (exact) mass is 339 g/mol. The molecule has 1 aliphatic rings. The van der Waals surface area contributed by atoms with Crippen molar-refractivity contribution >= 4 is 17.1 Å². The molecule has 25 heavy (non-hydrogen) atoms. The van der Waals surface area contributed by atoms with Gasteiger partial charge >= 0.3 is 0 Å². The van der Waals surface area contributed by atoms with Crippen molar-refractivity contribution in [3.8, 4) is 11.4 Å². The summed E-state index contributed by atoms with van der Waals surface area (Å²) in [6.07, 6.45) is 5.74. The van der Waals surface area contributed by atoms with E-state index in [-0.39, 0.29) is 12.1 Å². The number of aromatic nitrogens is 4. The molecule has 7 heteroatoms. The van der Waals surface area contributed by atoms with Crippen LogP contribution in [0.3, 0.4) is 0 Å². The Hall–Kier alpha value is -2.67. The van der Waals surface area contributed by atoms with Gasteiger partial charge in [0.2, 0.25) is 5.95 Å². The van der Waals surface area contributed by atoms with Gasteiger partial charge in [0.05, 0.1) is 18.9 Å². The normalized spacial score (nSPS) is 20.1. The highest BCUT2D eigenvalue weighted by atomic mass is 16.5. The van der Waals surface area contributed by atoms with E-state index in [1.165, 1.54) is 0 Å². The Kier molecular flexibility index (Phi) is 4.23. The Balaban J connectivity index is 1.62. The molecule has 4 rings (SSSR count). The molecule has 1 fully saturated rings. The summed E-state index contributed by atoms with van der Waals surface area (Å²) in [5, 5.41) is 13.0. The van der Waals surface area contributed by atoms with Crippen molar-refractivity contribution in [2.24, 2.45) is 0 Å². The molecule has 1 aromatic carbocycles. The molecule has 2 heterocycles. The minimum atomic E-state index is -0.226. The average Bonchev–Trinajstić information content (AvgIpc) is 3.22. The van der Waals surface area contributed by atoms with Gasteiger partial charge in [0.15, 0.2) is 5.65 Å². The van der Waals surface area contributed by atoms with Gasteiger partial charge in [-0.25, -0.2) is 9.97 Å². The van der Waals surface area contributed by atoms with Crippen molar-refractivity contribution in [2.45, 2.75) is 38.3 Å². The highest BCUT2D eigenvalue weighted by molar-refractivity contribution is 5.73. The SMILES string of the molecule is CCOc1ccc(-n2cnc3cnc(NC4CCC(O)C4)nc32)cc1. The van der Waals surface area contributed by atoms with Gasteiger partial charge in [-0.3, -0.25) is 4.57 Å². The van der Waals surface area contributed by atoms with Gasteiger partial charge in [-0.15, -0.1) is 0 Å². The van der Waals surface area contributed by atoms with Gasteiger partial charge in [-0.05, 0) is 50.5 Å². The highest BCUT2D eigenvalue weighted by Gasteiger charge is 2.23. The van der Waals surface area contributed by atoms with Crippen LogP contribution in [0.15, 0.2) is 36.8 Å². The summed E-state index contributed by atoms with van der Waals surface area (Å²) in [4.78, 5) is 13.3. The standard InChI is InChI=1S/C18H21N5O2/c1-2-25-15-7-4-13(5-8-15)23-11-20-16-10-19-18(22-17(16)23)21-12-3-6-14(24)9-12/h4-5,7-8,10-12,14,24H,2-3,6,9H2,1H3,(H,19,21,22). The topological polar surface area (TPSA) is 85.1 Å². The molecule has 2 aromatic heterocycles. The van der Waals surface area contributed by atoms with Crippen LogP contribution in [0, 0.1) is 0 Å². The van der Waals surface area contributed by atoms with E-state index in [1.54, 1.807) is 12.5 Å². The molecule has 0 radical (unpaired) electrons. The smallest absolute Gasteiger partial charge is 0.224 e. The number of aliphatic hydroxyl groups excluding tert-OH is 1. The van der Waals surface area contributed by atoms with E-state index >= 15 is 0 Å². The molecular weight excluding hydrogens is 318 g/mol. The fourth-order valence-corrected chi connectivity index (χ4v) is 3.21. The van der Waals surface area contributed by atoms with E-state index in [2.05, 4.69) is 20.3 Å². The van der Waals surface area contributed by atoms with Crippen molar-refractivity contribution in [2.75, 3.05) is 11.9 Å². The van der Waals surface area contributed by atoms with Crippen LogP contribution in [0.1, 0.15) is 26.2 Å². The van der Waals surface area contributed by atoms with Crippen LogP contribution >= 0.6 is 0 Å². The number of aliphatic hydroxyl groups is 1. The number of hydrogen-bond acceptors (Lipinski definition) is 6. The molecule has 2 atom stereocenters. The number of hydrogen-bond donors (Lipinski definition) is 2. The van der Waals surface area contributed by atoms with Crippen molar-refractivity contribution in [3.63, 3.8) is 0 Å². The van der Waals surface area contributed by atoms with Crippen LogP contribution in [0.2, 0.25) is 0 Å². The average molecular weight is 339 g/mol. The van der Waals surface area contributed by atoms with Crippen molar-refractivity contribution in [1.29, 1.82) is 0 Å². The van der Waals surface area contributed by atoms with Crippen LogP contribution < -0.4 is 10.1 Å². The van der Waals surface area contributed by atoms with Gasteiger partial charge < -0.3 is 15.2 Å². The van der Waals surface area contributed by atoms with Crippen molar-refractivity contribution in [1.82, 2.24) is 19.5 Å². The van der Waals surface area contributed by atoms with Crippen LogP contribution in [-0.2, 0) is 0 Å². The number of benzene rings is 1. The van der Waals surface area contributed by atoms with Gasteiger partial charge in [0, 0.05) is 11.7 Å². The van der Waals surface area contributed by atoms with Crippen LogP contribution in [0.25, 0.3) is 16.9 Å². The first-order valence-corrected chi connectivity index (χ1v) is 8.61. The summed E-state index contributed by atoms with van der Waals surface area (Å²) in [5.74, 6) is 1.41. The zero-order valence-electron chi connectivity index (χ0n) is 14.1. The van der Waals surface area contributed by atoms with Gasteiger partial charge in [-0.2, -0.15) is 4.98 Å². The highest BCUT2D eigenvalue weighted by Crippen LogP contribution is 2.23. The predicted octanol–water partition coefficient (Wildman–Crippen LogP) is 2.54.